The van der Waals surface area contributed by atoms with E-state index in [0.29, 0.717) is 11.5 Å². The monoisotopic (exact) mass is 294 g/mol. The summed E-state index contributed by atoms with van der Waals surface area (Å²) in [5, 5.41) is 5.89. The molecule has 1 N–H and O–H groups in total. The SMILES string of the molecule is CN1CC2=c3ccc(-c4ccccc4F)cc3=CNCC2C1. The molecule has 1 atom stereocenters. The molecule has 0 bridgehead atoms. The maximum absolute atomic E-state index is 14.0. The summed E-state index contributed by atoms with van der Waals surface area (Å²) in [6.45, 7) is 3.10. The highest BCUT2D eigenvalue weighted by Crippen LogP contribution is 2.23. The van der Waals surface area contributed by atoms with Crippen molar-refractivity contribution >= 4 is 11.8 Å². The maximum atomic E-state index is 14.0. The number of rotatable bonds is 1. The van der Waals surface area contributed by atoms with E-state index in [9.17, 15) is 4.39 Å². The number of hydrogen-bond donors (Lipinski definition) is 1. The molecule has 0 amide bonds. The standard InChI is InChI=1S/C19H19FN2/c1-22-11-15-10-21-9-14-8-13(6-7-16(14)18(15)12-22)17-4-2-3-5-19(17)20/h2-9,15,21H,10-12H2,1H3. The van der Waals surface area contributed by atoms with Crippen LogP contribution in [0.3, 0.4) is 0 Å². The van der Waals surface area contributed by atoms with Gasteiger partial charge in [0.15, 0.2) is 0 Å². The Morgan fingerprint density at radius 1 is 1.18 bits per heavy atom. The molecule has 0 radical (unpaired) electrons. The molecule has 22 heavy (non-hydrogen) atoms. The normalized spacial score (nSPS) is 20.6. The number of halogens is 1. The van der Waals surface area contributed by atoms with Crippen LogP contribution in [0.15, 0.2) is 42.5 Å². The van der Waals surface area contributed by atoms with Gasteiger partial charge in [0, 0.05) is 37.3 Å². The Morgan fingerprint density at radius 3 is 2.91 bits per heavy atom. The second-order valence-electron chi connectivity index (χ2n) is 6.25. The number of hydrogen-bond acceptors (Lipinski definition) is 2. The fraction of sp³-hybridized carbons (Fsp3) is 0.263. The Morgan fingerprint density at radius 2 is 2.05 bits per heavy atom. The number of fused-ring (bicyclic) bond motifs is 2. The summed E-state index contributed by atoms with van der Waals surface area (Å²) in [7, 11) is 2.17. The Kier molecular flexibility index (Phi) is 3.23. The summed E-state index contributed by atoms with van der Waals surface area (Å²) < 4.78 is 14.0. The maximum Gasteiger partial charge on any atom is 0.131 e. The molecular weight excluding hydrogens is 275 g/mol. The van der Waals surface area contributed by atoms with E-state index >= 15 is 0 Å². The Balaban J connectivity index is 1.91. The summed E-state index contributed by atoms with van der Waals surface area (Å²) in [6, 6.07) is 13.2. The van der Waals surface area contributed by atoms with Crippen LogP contribution in [-0.4, -0.2) is 31.6 Å². The van der Waals surface area contributed by atoms with Gasteiger partial charge in [-0.2, -0.15) is 0 Å². The molecule has 3 heteroatoms. The van der Waals surface area contributed by atoms with Gasteiger partial charge in [0.25, 0.3) is 0 Å². The lowest BCUT2D eigenvalue weighted by molar-refractivity contribution is 0.394. The largest absolute Gasteiger partial charge is 0.390 e. The molecule has 1 unspecified atom stereocenters. The zero-order chi connectivity index (χ0) is 15.1. The summed E-state index contributed by atoms with van der Waals surface area (Å²) in [5.41, 5.74) is 3.09. The van der Waals surface area contributed by atoms with E-state index in [1.165, 1.54) is 16.9 Å². The van der Waals surface area contributed by atoms with E-state index in [1.54, 1.807) is 6.07 Å². The molecule has 2 aromatic rings. The highest BCUT2D eigenvalue weighted by Gasteiger charge is 2.26. The van der Waals surface area contributed by atoms with Gasteiger partial charge in [-0.25, -0.2) is 4.39 Å². The molecule has 2 aliphatic rings. The van der Waals surface area contributed by atoms with E-state index in [1.807, 2.05) is 18.2 Å². The number of nitrogens with zero attached hydrogens (tertiary/aromatic N) is 1. The average Bonchev–Trinajstić information content (AvgIpc) is 2.80. The van der Waals surface area contributed by atoms with Crippen molar-refractivity contribution in [3.63, 3.8) is 0 Å². The van der Waals surface area contributed by atoms with Crippen LogP contribution in [-0.2, 0) is 0 Å². The lowest BCUT2D eigenvalue weighted by Gasteiger charge is -2.09. The van der Waals surface area contributed by atoms with Crippen molar-refractivity contribution in [1.29, 1.82) is 0 Å². The van der Waals surface area contributed by atoms with Crippen LogP contribution in [0.2, 0.25) is 0 Å². The van der Waals surface area contributed by atoms with Gasteiger partial charge in [0.1, 0.15) is 5.82 Å². The molecule has 1 saturated heterocycles. The fourth-order valence-electron chi connectivity index (χ4n) is 3.61. The summed E-state index contributed by atoms with van der Waals surface area (Å²) in [6.07, 6.45) is 2.07. The van der Waals surface area contributed by atoms with Crippen LogP contribution in [0, 0.1) is 11.7 Å². The summed E-state index contributed by atoms with van der Waals surface area (Å²) in [5.74, 6) is 0.400. The van der Waals surface area contributed by atoms with Gasteiger partial charge in [-0.1, -0.05) is 30.3 Å². The molecule has 0 saturated carbocycles. The van der Waals surface area contributed by atoms with E-state index in [2.05, 4.69) is 35.6 Å². The zero-order valence-corrected chi connectivity index (χ0v) is 12.6. The van der Waals surface area contributed by atoms with Crippen molar-refractivity contribution in [2.24, 2.45) is 5.92 Å². The Bertz CT molecular complexity index is 841. The van der Waals surface area contributed by atoms with E-state index in [-0.39, 0.29) is 5.82 Å². The first-order valence-electron chi connectivity index (χ1n) is 7.72. The molecule has 112 valence electrons. The molecule has 0 aliphatic carbocycles. The van der Waals surface area contributed by atoms with Gasteiger partial charge in [-0.3, -0.25) is 0 Å². The van der Waals surface area contributed by atoms with Crippen LogP contribution in [0.4, 0.5) is 4.39 Å². The highest BCUT2D eigenvalue weighted by atomic mass is 19.1. The van der Waals surface area contributed by atoms with Crippen LogP contribution < -0.4 is 15.8 Å². The smallest absolute Gasteiger partial charge is 0.131 e. The minimum absolute atomic E-state index is 0.171. The van der Waals surface area contributed by atoms with Crippen molar-refractivity contribution in [2.75, 3.05) is 26.7 Å². The zero-order valence-electron chi connectivity index (χ0n) is 12.6. The van der Waals surface area contributed by atoms with Gasteiger partial charge >= 0.3 is 0 Å². The highest BCUT2D eigenvalue weighted by molar-refractivity contribution is 5.66. The second kappa shape index (κ2) is 5.25. The van der Waals surface area contributed by atoms with Crippen molar-refractivity contribution in [3.05, 3.63) is 58.7 Å². The number of likely N-dealkylation sites (tertiary alicyclic amines) is 1. The fourth-order valence-corrected chi connectivity index (χ4v) is 3.61. The number of benzene rings is 2. The van der Waals surface area contributed by atoms with Crippen LogP contribution >= 0.6 is 0 Å². The van der Waals surface area contributed by atoms with Crippen LogP contribution in [0.5, 0.6) is 0 Å². The third-order valence-electron chi connectivity index (χ3n) is 4.67. The lowest BCUT2D eigenvalue weighted by atomic mass is 9.98. The molecule has 4 rings (SSSR count). The predicted molar refractivity (Wildman–Crippen MR) is 87.9 cm³/mol. The molecule has 2 aliphatic heterocycles. The summed E-state index contributed by atoms with van der Waals surface area (Å²) in [4.78, 5) is 2.36. The van der Waals surface area contributed by atoms with Crippen molar-refractivity contribution in [2.45, 2.75) is 0 Å². The van der Waals surface area contributed by atoms with Gasteiger partial charge in [0.2, 0.25) is 0 Å². The van der Waals surface area contributed by atoms with Gasteiger partial charge < -0.3 is 10.2 Å². The van der Waals surface area contributed by atoms with E-state index in [4.69, 9.17) is 0 Å². The van der Waals surface area contributed by atoms with Crippen molar-refractivity contribution < 1.29 is 4.39 Å². The molecular formula is C19H19FN2. The summed E-state index contributed by atoms with van der Waals surface area (Å²) >= 11 is 0. The van der Waals surface area contributed by atoms with E-state index < -0.39 is 0 Å². The second-order valence-corrected chi connectivity index (χ2v) is 6.25. The lowest BCUT2D eigenvalue weighted by Crippen LogP contribution is -2.28. The molecule has 1 fully saturated rings. The third kappa shape index (κ3) is 2.22. The van der Waals surface area contributed by atoms with Gasteiger partial charge in [-0.15, -0.1) is 0 Å². The molecule has 2 nitrogen and oxygen atoms in total. The Labute approximate surface area is 129 Å². The predicted octanol–water partition coefficient (Wildman–Crippen LogP) is 1.55. The molecule has 2 heterocycles. The number of nitrogens with one attached hydrogen (secondary N) is 1. The average molecular weight is 294 g/mol. The van der Waals surface area contributed by atoms with Crippen LogP contribution in [0.1, 0.15) is 0 Å². The third-order valence-corrected chi connectivity index (χ3v) is 4.67. The first kappa shape index (κ1) is 13.5. The minimum atomic E-state index is -0.171. The molecule has 2 aromatic carbocycles. The molecule has 0 spiro atoms. The van der Waals surface area contributed by atoms with Crippen molar-refractivity contribution in [1.82, 2.24) is 10.2 Å². The van der Waals surface area contributed by atoms with E-state index in [0.717, 1.165) is 30.4 Å². The van der Waals surface area contributed by atoms with Crippen molar-refractivity contribution in [3.8, 4) is 11.1 Å². The van der Waals surface area contributed by atoms with Gasteiger partial charge in [-0.05, 0) is 40.8 Å². The first-order valence-corrected chi connectivity index (χ1v) is 7.72. The topological polar surface area (TPSA) is 15.3 Å². The quantitative estimate of drug-likeness (QED) is 0.858. The molecule has 0 aromatic heterocycles. The van der Waals surface area contributed by atoms with Crippen LogP contribution in [0.25, 0.3) is 22.9 Å². The first-order chi connectivity index (χ1) is 10.7. The minimum Gasteiger partial charge on any atom is -0.390 e. The Hall–Kier alpha value is -2.13. The van der Waals surface area contributed by atoms with Gasteiger partial charge in [0.05, 0.1) is 0 Å².